The van der Waals surface area contributed by atoms with E-state index in [2.05, 4.69) is 36.5 Å². The molecule has 2 amide bonds. The minimum absolute atomic E-state index is 0.0209. The van der Waals surface area contributed by atoms with Gasteiger partial charge in [-0.25, -0.2) is 4.68 Å². The molecule has 8 heteroatoms. The van der Waals surface area contributed by atoms with Crippen molar-refractivity contribution in [3.8, 4) is 0 Å². The van der Waals surface area contributed by atoms with Gasteiger partial charge in [-0.2, -0.15) is 5.10 Å². The first kappa shape index (κ1) is 26.8. The molecule has 4 atom stereocenters. The van der Waals surface area contributed by atoms with E-state index in [4.69, 9.17) is 0 Å². The van der Waals surface area contributed by atoms with Gasteiger partial charge in [-0.15, -0.1) is 11.8 Å². The van der Waals surface area contributed by atoms with E-state index in [1.807, 2.05) is 26.8 Å². The zero-order valence-electron chi connectivity index (χ0n) is 21.6. The molecule has 2 saturated carbocycles. The van der Waals surface area contributed by atoms with Crippen molar-refractivity contribution in [3.05, 3.63) is 17.8 Å². The molecule has 1 aromatic heterocycles. The van der Waals surface area contributed by atoms with Crippen LogP contribution in [-0.4, -0.2) is 50.1 Å². The van der Waals surface area contributed by atoms with Crippen LogP contribution in [0.15, 0.2) is 17.3 Å². The van der Waals surface area contributed by atoms with E-state index in [-0.39, 0.29) is 29.0 Å². The van der Waals surface area contributed by atoms with E-state index in [0.29, 0.717) is 18.0 Å². The average molecular weight is 491 g/mol. The van der Waals surface area contributed by atoms with Crippen molar-refractivity contribution in [3.63, 3.8) is 0 Å². The van der Waals surface area contributed by atoms with E-state index in [0.717, 1.165) is 37.1 Å². The third-order valence-electron chi connectivity index (χ3n) is 7.16. The van der Waals surface area contributed by atoms with Crippen LogP contribution in [0.1, 0.15) is 90.4 Å². The lowest BCUT2D eigenvalue weighted by Crippen LogP contribution is -2.48. The third kappa shape index (κ3) is 6.45. The molecule has 7 nitrogen and oxygen atoms in total. The summed E-state index contributed by atoms with van der Waals surface area (Å²) < 4.78 is 1.69. The Morgan fingerprint density at radius 1 is 1.35 bits per heavy atom. The quantitative estimate of drug-likeness (QED) is 0.444. The van der Waals surface area contributed by atoms with Crippen molar-refractivity contribution in [1.82, 2.24) is 20.4 Å². The molecule has 0 aromatic carbocycles. The highest BCUT2D eigenvalue weighted by Gasteiger charge is 2.43. The molecule has 0 aliphatic heterocycles. The molecule has 0 saturated heterocycles. The summed E-state index contributed by atoms with van der Waals surface area (Å²) in [5.74, 6) is 0.648. The molecular formula is C26H42N4O3S. The maximum Gasteiger partial charge on any atom is 0.255 e. The van der Waals surface area contributed by atoms with Crippen LogP contribution in [-0.2, 0) is 4.79 Å². The van der Waals surface area contributed by atoms with Crippen LogP contribution in [0.4, 0.5) is 0 Å². The molecule has 1 aromatic rings. The summed E-state index contributed by atoms with van der Waals surface area (Å²) in [6.07, 6.45) is 11.1. The summed E-state index contributed by atoms with van der Waals surface area (Å²) in [4.78, 5) is 25.7. The summed E-state index contributed by atoms with van der Waals surface area (Å²) >= 11 is 1.58. The Morgan fingerprint density at radius 3 is 2.74 bits per heavy atom. The van der Waals surface area contributed by atoms with Crippen LogP contribution in [0.5, 0.6) is 0 Å². The van der Waals surface area contributed by atoms with E-state index in [1.165, 1.54) is 6.42 Å². The zero-order chi connectivity index (χ0) is 25.1. The van der Waals surface area contributed by atoms with Gasteiger partial charge in [-0.1, -0.05) is 32.8 Å². The summed E-state index contributed by atoms with van der Waals surface area (Å²) in [7, 11) is 0. The number of aromatic nitrogens is 2. The number of thioether (sulfide) groups is 1. The molecule has 3 N–H and O–H groups in total. The maximum absolute atomic E-state index is 13.3. The van der Waals surface area contributed by atoms with E-state index >= 15 is 0 Å². The number of aliphatic hydroxyl groups is 1. The van der Waals surface area contributed by atoms with Gasteiger partial charge in [0.2, 0.25) is 5.91 Å². The standard InChI is InChI=1S/C26H42N4O3S/c1-7-27-24(32)25(5,6)11-12-30-23(34-17(2)3)21(16-28-30)22(31)29-18(4)20-13-19-9-8-10-26(33,14-19)15-20/h11-12,16-20,33H,7-10,13-15H2,1-6H3,(H,27,32)(H,29,31)/b12-11+/t18?,19?,20?,26-/m1/s1. The zero-order valence-corrected chi connectivity index (χ0v) is 22.4. The number of rotatable bonds is 9. The Balaban J connectivity index is 1.75. The third-order valence-corrected chi connectivity index (χ3v) is 8.27. The molecule has 3 unspecified atom stereocenters. The SMILES string of the molecule is CCNC(=O)C(C)(C)/C=C/n1ncc(C(=O)NC(C)C2CC3CCC[C@@](O)(C3)C2)c1SC(C)C. The lowest BCUT2D eigenvalue weighted by molar-refractivity contribution is -0.127. The van der Waals surface area contributed by atoms with Crippen molar-refractivity contribution in [2.75, 3.05) is 6.54 Å². The number of nitrogens with zero attached hydrogens (tertiary/aromatic N) is 2. The highest BCUT2D eigenvalue weighted by atomic mass is 32.2. The molecule has 1 heterocycles. The predicted octanol–water partition coefficient (Wildman–Crippen LogP) is 4.47. The summed E-state index contributed by atoms with van der Waals surface area (Å²) in [6, 6.07) is -0.0209. The normalized spacial score (nSPS) is 26.0. The number of carbonyl (C=O) groups excluding carboxylic acids is 2. The van der Waals surface area contributed by atoms with Crippen LogP contribution in [0.3, 0.4) is 0 Å². The van der Waals surface area contributed by atoms with Gasteiger partial charge >= 0.3 is 0 Å². The smallest absolute Gasteiger partial charge is 0.255 e. The summed E-state index contributed by atoms with van der Waals surface area (Å²) in [5.41, 5.74) is -0.714. The predicted molar refractivity (Wildman–Crippen MR) is 138 cm³/mol. The van der Waals surface area contributed by atoms with Crippen molar-refractivity contribution in [1.29, 1.82) is 0 Å². The monoisotopic (exact) mass is 490 g/mol. The minimum atomic E-state index is -0.696. The Morgan fingerprint density at radius 2 is 2.09 bits per heavy atom. The first-order valence-corrected chi connectivity index (χ1v) is 13.6. The number of fused-ring (bicyclic) bond motifs is 2. The van der Waals surface area contributed by atoms with Crippen LogP contribution in [0.2, 0.25) is 0 Å². The van der Waals surface area contributed by atoms with Gasteiger partial charge in [0.05, 0.1) is 22.8 Å². The molecule has 34 heavy (non-hydrogen) atoms. The summed E-state index contributed by atoms with van der Waals surface area (Å²) in [6.45, 7) is 12.4. The second-order valence-corrected chi connectivity index (χ2v) is 12.6. The van der Waals surface area contributed by atoms with Crippen LogP contribution >= 0.6 is 11.8 Å². The lowest BCUT2D eigenvalue weighted by Gasteiger charge is -2.46. The van der Waals surface area contributed by atoms with Gasteiger partial charge in [0.25, 0.3) is 5.91 Å². The van der Waals surface area contributed by atoms with Crippen LogP contribution in [0, 0.1) is 17.3 Å². The Bertz CT molecular complexity index is 910. The van der Waals surface area contributed by atoms with E-state index in [9.17, 15) is 14.7 Å². The number of amides is 2. The van der Waals surface area contributed by atoms with Gasteiger partial charge in [0.1, 0.15) is 5.03 Å². The average Bonchev–Trinajstić information content (AvgIpc) is 3.13. The Kier molecular flexibility index (Phi) is 8.56. The highest BCUT2D eigenvalue weighted by Crippen LogP contribution is 2.46. The number of nitrogens with one attached hydrogen (secondary N) is 2. The largest absolute Gasteiger partial charge is 0.390 e. The van der Waals surface area contributed by atoms with E-state index < -0.39 is 11.0 Å². The molecule has 3 rings (SSSR count). The van der Waals surface area contributed by atoms with E-state index in [1.54, 1.807) is 28.8 Å². The Hall–Kier alpha value is -1.80. The topological polar surface area (TPSA) is 96.2 Å². The first-order valence-electron chi connectivity index (χ1n) is 12.7. The van der Waals surface area contributed by atoms with Crippen LogP contribution in [0.25, 0.3) is 6.20 Å². The molecular weight excluding hydrogens is 448 g/mol. The number of carbonyl (C=O) groups is 2. The van der Waals surface area contributed by atoms with Crippen molar-refractivity contribution in [2.24, 2.45) is 17.3 Å². The summed E-state index contributed by atoms with van der Waals surface area (Å²) in [5, 5.41) is 22.5. The molecule has 2 aliphatic rings. The fourth-order valence-corrected chi connectivity index (χ4v) is 6.24. The van der Waals surface area contributed by atoms with Gasteiger partial charge in [0, 0.05) is 24.0 Å². The molecule has 0 spiro atoms. The fraction of sp³-hybridized carbons (Fsp3) is 0.731. The van der Waals surface area contributed by atoms with Crippen molar-refractivity contribution >= 4 is 29.8 Å². The highest BCUT2D eigenvalue weighted by molar-refractivity contribution is 7.99. The van der Waals surface area contributed by atoms with Gasteiger partial charge in [-0.05, 0) is 65.2 Å². The van der Waals surface area contributed by atoms with Crippen molar-refractivity contribution in [2.45, 2.75) is 102 Å². The number of hydrogen-bond acceptors (Lipinski definition) is 5. The first-order chi connectivity index (χ1) is 15.9. The van der Waals surface area contributed by atoms with Gasteiger partial charge in [-0.3, -0.25) is 9.59 Å². The number of hydrogen-bond donors (Lipinski definition) is 3. The Labute approximate surface area is 208 Å². The maximum atomic E-state index is 13.3. The van der Waals surface area contributed by atoms with Gasteiger partial charge in [0.15, 0.2) is 0 Å². The van der Waals surface area contributed by atoms with Crippen LogP contribution < -0.4 is 10.6 Å². The molecule has 2 aliphatic carbocycles. The molecule has 0 radical (unpaired) electrons. The molecule has 190 valence electrons. The second-order valence-electron chi connectivity index (χ2n) is 11.0. The molecule has 2 bridgehead atoms. The fourth-order valence-electron chi connectivity index (χ4n) is 5.31. The van der Waals surface area contributed by atoms with Gasteiger partial charge < -0.3 is 15.7 Å². The second kappa shape index (κ2) is 10.9. The lowest BCUT2D eigenvalue weighted by atomic mass is 9.64. The van der Waals surface area contributed by atoms with Crippen molar-refractivity contribution < 1.29 is 14.7 Å². The minimum Gasteiger partial charge on any atom is -0.390 e. The molecule has 2 fully saturated rings.